The fourth-order valence-electron chi connectivity index (χ4n) is 6.59. The van der Waals surface area contributed by atoms with Gasteiger partial charge >= 0.3 is 11.9 Å². The van der Waals surface area contributed by atoms with Crippen LogP contribution in [0.25, 0.3) is 0 Å². The first-order chi connectivity index (χ1) is 24.1. The van der Waals surface area contributed by atoms with Crippen molar-refractivity contribution in [1.29, 1.82) is 0 Å². The zero-order chi connectivity index (χ0) is 35.4. The molecule has 264 valence electrons. The molecule has 3 fully saturated rings. The number of nitrogens with zero attached hydrogens (tertiary/aromatic N) is 2. The Hall–Kier alpha value is -3.87. The van der Waals surface area contributed by atoms with Gasteiger partial charge in [-0.2, -0.15) is 4.73 Å². The van der Waals surface area contributed by atoms with Crippen molar-refractivity contribution in [1.82, 2.24) is 10.2 Å². The highest BCUT2D eigenvalue weighted by molar-refractivity contribution is 7.13. The molecule has 2 unspecified atom stereocenters. The summed E-state index contributed by atoms with van der Waals surface area (Å²) < 4.78 is 23.7. The van der Waals surface area contributed by atoms with Gasteiger partial charge in [0.15, 0.2) is 23.9 Å². The third kappa shape index (κ3) is 7.87. The molecule has 2 bridgehead atoms. The van der Waals surface area contributed by atoms with E-state index in [-0.39, 0.29) is 28.5 Å². The lowest BCUT2D eigenvalue weighted by Gasteiger charge is -2.45. The van der Waals surface area contributed by atoms with Crippen LogP contribution in [0, 0.1) is 11.1 Å². The van der Waals surface area contributed by atoms with E-state index in [1.165, 1.54) is 38.0 Å². The number of rotatable bonds is 13. The largest absolute Gasteiger partial charge is 0.619 e. The lowest BCUT2D eigenvalue weighted by Crippen LogP contribution is -2.55. The molecule has 0 spiro atoms. The Morgan fingerprint density at radius 1 is 1.02 bits per heavy atom. The van der Waals surface area contributed by atoms with E-state index >= 15 is 0 Å². The highest BCUT2D eigenvalue weighted by Gasteiger charge is 2.42. The van der Waals surface area contributed by atoms with Gasteiger partial charge in [-0.15, -0.1) is 11.3 Å². The van der Waals surface area contributed by atoms with Crippen LogP contribution < -0.4 is 19.5 Å². The Balaban J connectivity index is 1.20. The summed E-state index contributed by atoms with van der Waals surface area (Å²) in [5.41, 5.74) is 0.739. The standard InChI is InChI=1S/C37H39Cl2N3O7S/c1-37(25-7-5-4-6-8-25,36(44)49-33-22-41-15-13-23(33)14-16-41)40-19-26-10-12-34(50-26)35(43)48-31(18-27-28(38)20-42(45)21-29(27)39)24-9-11-30(46-2)32(17-24)47-3/h4-12,17,20-21,23,31,33,40H,13-16,18-19,22H2,1-3H3/t31?,33-,37?/m0/s1. The van der Waals surface area contributed by atoms with Gasteiger partial charge in [0.05, 0.1) is 14.2 Å². The smallest absolute Gasteiger partial charge is 0.348 e. The number of esters is 2. The van der Waals surface area contributed by atoms with Crippen LogP contribution in [-0.4, -0.2) is 56.8 Å². The van der Waals surface area contributed by atoms with E-state index < -0.39 is 17.6 Å². The van der Waals surface area contributed by atoms with Gasteiger partial charge in [-0.25, -0.2) is 9.59 Å². The first-order valence-electron chi connectivity index (χ1n) is 16.4. The number of ether oxygens (including phenoxy) is 4. The molecule has 0 radical (unpaired) electrons. The van der Waals surface area contributed by atoms with Crippen LogP contribution >= 0.6 is 34.5 Å². The van der Waals surface area contributed by atoms with Crippen LogP contribution in [0.2, 0.25) is 10.0 Å². The number of carbonyl (C=O) groups excluding carboxylic acids is 2. The number of halogens is 2. The third-order valence-electron chi connectivity index (χ3n) is 9.57. The Bertz CT molecular complexity index is 1810. The molecule has 3 saturated heterocycles. The molecule has 1 N–H and O–H groups in total. The SMILES string of the molecule is COc1ccc(C(Cc2c(Cl)c[n+]([O-])cc2Cl)OC(=O)c2ccc(CNC(C)(C(=O)O[C@H]3CN4CCC3CC4)c3ccccc3)s2)cc1OC. The Kier molecular flexibility index (Phi) is 11.2. The lowest BCUT2D eigenvalue weighted by atomic mass is 9.85. The summed E-state index contributed by atoms with van der Waals surface area (Å²) in [6.45, 7) is 5.03. The number of hydrogen-bond acceptors (Lipinski definition) is 10. The zero-order valence-corrected chi connectivity index (χ0v) is 30.4. The van der Waals surface area contributed by atoms with Crippen LogP contribution in [0.4, 0.5) is 0 Å². The van der Waals surface area contributed by atoms with E-state index in [2.05, 4.69) is 10.2 Å². The minimum Gasteiger partial charge on any atom is -0.619 e. The molecule has 3 aliphatic heterocycles. The summed E-state index contributed by atoms with van der Waals surface area (Å²) in [5, 5.41) is 15.6. The highest BCUT2D eigenvalue weighted by atomic mass is 35.5. The number of methoxy groups -OCH3 is 2. The quantitative estimate of drug-likeness (QED) is 0.0935. The van der Waals surface area contributed by atoms with Crippen LogP contribution in [0.5, 0.6) is 11.5 Å². The molecular formula is C37H39Cl2N3O7S. The van der Waals surface area contributed by atoms with Gasteiger partial charge in [-0.05, 0) is 74.2 Å². The van der Waals surface area contributed by atoms with Gasteiger partial charge < -0.3 is 24.2 Å². The molecule has 0 aliphatic carbocycles. The second-order valence-corrected chi connectivity index (χ2v) is 14.7. The van der Waals surface area contributed by atoms with Crippen molar-refractivity contribution in [3.05, 3.63) is 115 Å². The first-order valence-corrected chi connectivity index (χ1v) is 18.0. The number of benzene rings is 2. The topological polar surface area (TPSA) is 113 Å². The van der Waals surface area contributed by atoms with Crippen molar-refractivity contribution >= 4 is 46.5 Å². The number of hydrogen-bond donors (Lipinski definition) is 1. The summed E-state index contributed by atoms with van der Waals surface area (Å²) in [4.78, 5) is 31.1. The Morgan fingerprint density at radius 2 is 1.72 bits per heavy atom. The molecule has 7 rings (SSSR count). The number of aromatic nitrogens is 1. The third-order valence-corrected chi connectivity index (χ3v) is 11.3. The van der Waals surface area contributed by atoms with Crippen molar-refractivity contribution in [2.24, 2.45) is 5.92 Å². The molecule has 2 aromatic heterocycles. The molecule has 13 heteroatoms. The number of piperidine rings is 3. The summed E-state index contributed by atoms with van der Waals surface area (Å²) >= 11 is 14.1. The van der Waals surface area contributed by atoms with E-state index in [9.17, 15) is 14.8 Å². The first kappa shape index (κ1) is 35.9. The van der Waals surface area contributed by atoms with Crippen LogP contribution in [0.1, 0.15) is 57.1 Å². The average Bonchev–Trinajstić information content (AvgIpc) is 3.61. The van der Waals surface area contributed by atoms with Crippen LogP contribution in [-0.2, 0) is 32.8 Å². The summed E-state index contributed by atoms with van der Waals surface area (Å²) in [5.74, 6) is 0.462. The normalized spacial score (nSPS) is 20.1. The van der Waals surface area contributed by atoms with E-state index in [0.717, 1.165) is 42.9 Å². The zero-order valence-electron chi connectivity index (χ0n) is 28.0. The summed E-state index contributed by atoms with van der Waals surface area (Å²) in [6, 6.07) is 18.3. The molecule has 2 aromatic carbocycles. The molecule has 0 amide bonds. The minimum atomic E-state index is -1.12. The van der Waals surface area contributed by atoms with Crippen molar-refractivity contribution in [2.75, 3.05) is 33.9 Å². The summed E-state index contributed by atoms with van der Waals surface area (Å²) in [7, 11) is 3.05. The van der Waals surface area contributed by atoms with Gasteiger partial charge in [0, 0.05) is 30.0 Å². The molecule has 4 aromatic rings. The van der Waals surface area contributed by atoms with Crippen molar-refractivity contribution in [2.45, 2.75) is 50.5 Å². The van der Waals surface area contributed by atoms with Gasteiger partial charge in [-0.3, -0.25) is 10.2 Å². The Labute approximate surface area is 305 Å². The monoisotopic (exact) mass is 739 g/mol. The number of fused-ring (bicyclic) bond motifs is 3. The molecule has 3 atom stereocenters. The second-order valence-electron chi connectivity index (χ2n) is 12.7. The highest BCUT2D eigenvalue weighted by Crippen LogP contribution is 2.36. The lowest BCUT2D eigenvalue weighted by molar-refractivity contribution is -0.605. The number of thiophene rings is 1. The van der Waals surface area contributed by atoms with E-state index in [1.807, 2.05) is 43.3 Å². The summed E-state index contributed by atoms with van der Waals surface area (Å²) in [6.07, 6.45) is 3.61. The van der Waals surface area contributed by atoms with Crippen LogP contribution in [0.3, 0.4) is 0 Å². The maximum Gasteiger partial charge on any atom is 0.348 e. The number of pyridine rings is 1. The molecule has 10 nitrogen and oxygen atoms in total. The Morgan fingerprint density at radius 3 is 2.36 bits per heavy atom. The fourth-order valence-corrected chi connectivity index (χ4v) is 8.02. The molecule has 3 aliphatic rings. The minimum absolute atomic E-state index is 0.0939. The maximum atomic E-state index is 13.9. The average molecular weight is 741 g/mol. The maximum absolute atomic E-state index is 13.9. The van der Waals surface area contributed by atoms with Gasteiger partial charge in [0.25, 0.3) is 0 Å². The number of nitrogens with one attached hydrogen (secondary N) is 1. The molecular weight excluding hydrogens is 701 g/mol. The van der Waals surface area contributed by atoms with Gasteiger partial charge in [0.1, 0.15) is 32.7 Å². The number of carbonyl (C=O) groups is 2. The predicted molar refractivity (Wildman–Crippen MR) is 191 cm³/mol. The molecule has 5 heterocycles. The van der Waals surface area contributed by atoms with E-state index in [0.29, 0.717) is 44.7 Å². The second kappa shape index (κ2) is 15.6. The van der Waals surface area contributed by atoms with Crippen LogP contribution in [0.15, 0.2) is 73.1 Å². The van der Waals surface area contributed by atoms with E-state index in [1.54, 1.807) is 24.3 Å². The van der Waals surface area contributed by atoms with Gasteiger partial charge in [-0.1, -0.05) is 59.6 Å². The van der Waals surface area contributed by atoms with E-state index in [4.69, 9.17) is 42.1 Å². The molecule has 0 saturated carbocycles. The van der Waals surface area contributed by atoms with Gasteiger partial charge in [0.2, 0.25) is 0 Å². The predicted octanol–water partition coefficient (Wildman–Crippen LogP) is 6.49. The fraction of sp³-hybridized carbons (Fsp3) is 0.378. The van der Waals surface area contributed by atoms with Crippen molar-refractivity contribution in [3.63, 3.8) is 0 Å². The van der Waals surface area contributed by atoms with Crippen molar-refractivity contribution in [3.8, 4) is 11.5 Å². The van der Waals surface area contributed by atoms with Crippen molar-refractivity contribution < 1.29 is 33.3 Å². The molecule has 50 heavy (non-hydrogen) atoms.